The molecule has 0 saturated carbocycles. The lowest BCUT2D eigenvalue weighted by atomic mass is 10.1. The maximum Gasteiger partial charge on any atom is 0.253 e. The lowest BCUT2D eigenvalue weighted by molar-refractivity contribution is -0.128. The van der Waals surface area contributed by atoms with Crippen molar-refractivity contribution in [1.29, 1.82) is 0 Å². The minimum atomic E-state index is -0.475. The second kappa shape index (κ2) is 10.0. The van der Waals surface area contributed by atoms with Gasteiger partial charge < -0.3 is 15.5 Å². The van der Waals surface area contributed by atoms with Crippen molar-refractivity contribution in [3.8, 4) is 0 Å². The van der Waals surface area contributed by atoms with Gasteiger partial charge in [-0.15, -0.1) is 0 Å². The van der Waals surface area contributed by atoms with Crippen LogP contribution >= 0.6 is 0 Å². The van der Waals surface area contributed by atoms with Crippen molar-refractivity contribution in [2.45, 2.75) is 26.2 Å². The van der Waals surface area contributed by atoms with Gasteiger partial charge in [0.15, 0.2) is 0 Å². The molecule has 0 radical (unpaired) electrons. The Morgan fingerprint density at radius 1 is 1.13 bits per heavy atom. The van der Waals surface area contributed by atoms with Gasteiger partial charge in [0.1, 0.15) is 5.82 Å². The zero-order valence-electron chi connectivity index (χ0n) is 17.0. The topological polar surface area (TPSA) is 78.5 Å². The Bertz CT molecular complexity index is 914. The summed E-state index contributed by atoms with van der Waals surface area (Å²) in [6.45, 7) is 3.33. The summed E-state index contributed by atoms with van der Waals surface area (Å²) in [7, 11) is 0. The van der Waals surface area contributed by atoms with Gasteiger partial charge in [-0.25, -0.2) is 4.39 Å². The maximum atomic E-state index is 13.0. The van der Waals surface area contributed by atoms with Crippen LogP contribution < -0.4 is 10.6 Å². The van der Waals surface area contributed by atoms with Crippen LogP contribution in [0.15, 0.2) is 48.5 Å². The van der Waals surface area contributed by atoms with E-state index in [9.17, 15) is 18.8 Å². The van der Waals surface area contributed by atoms with Crippen molar-refractivity contribution in [1.82, 2.24) is 10.2 Å². The summed E-state index contributed by atoms with van der Waals surface area (Å²) in [5.74, 6) is -1.36. The first kappa shape index (κ1) is 21.5. The van der Waals surface area contributed by atoms with Gasteiger partial charge in [0.05, 0.1) is 17.2 Å². The summed E-state index contributed by atoms with van der Waals surface area (Å²) in [5.41, 5.74) is 1.77. The van der Waals surface area contributed by atoms with Crippen molar-refractivity contribution in [2.24, 2.45) is 5.92 Å². The average Bonchev–Trinajstić information content (AvgIpc) is 3.12. The summed E-state index contributed by atoms with van der Waals surface area (Å²) in [4.78, 5) is 39.1. The third-order valence-corrected chi connectivity index (χ3v) is 5.13. The lowest BCUT2D eigenvalue weighted by Gasteiger charge is -2.17. The number of amides is 3. The number of benzene rings is 2. The highest BCUT2D eigenvalue weighted by Gasteiger charge is 2.34. The molecule has 1 aliphatic heterocycles. The molecule has 30 heavy (non-hydrogen) atoms. The Morgan fingerprint density at radius 3 is 2.60 bits per heavy atom. The highest BCUT2D eigenvalue weighted by molar-refractivity contribution is 6.05. The van der Waals surface area contributed by atoms with Gasteiger partial charge in [0.2, 0.25) is 11.8 Å². The fraction of sp³-hybridized carbons (Fsp3) is 0.348. The number of halogens is 1. The smallest absolute Gasteiger partial charge is 0.253 e. The van der Waals surface area contributed by atoms with Crippen molar-refractivity contribution in [3.05, 3.63) is 65.5 Å². The van der Waals surface area contributed by atoms with Crippen molar-refractivity contribution < 1.29 is 18.8 Å². The predicted molar refractivity (Wildman–Crippen MR) is 112 cm³/mol. The Balaban J connectivity index is 1.58. The normalized spacial score (nSPS) is 15.9. The first-order chi connectivity index (χ1) is 14.5. The van der Waals surface area contributed by atoms with Crippen molar-refractivity contribution in [3.63, 3.8) is 0 Å². The number of nitrogens with zero attached hydrogens (tertiary/aromatic N) is 1. The van der Waals surface area contributed by atoms with Crippen LogP contribution in [0.3, 0.4) is 0 Å². The highest BCUT2D eigenvalue weighted by Crippen LogP contribution is 2.22. The molecule has 2 aromatic rings. The molecule has 0 bridgehead atoms. The van der Waals surface area contributed by atoms with Gasteiger partial charge in [-0.2, -0.15) is 0 Å². The summed E-state index contributed by atoms with van der Waals surface area (Å²) >= 11 is 0. The fourth-order valence-corrected chi connectivity index (χ4v) is 3.44. The van der Waals surface area contributed by atoms with Gasteiger partial charge in [-0.1, -0.05) is 31.2 Å². The highest BCUT2D eigenvalue weighted by atomic mass is 19.1. The molecule has 1 fully saturated rings. The van der Waals surface area contributed by atoms with Crippen LogP contribution in [0.5, 0.6) is 0 Å². The van der Waals surface area contributed by atoms with Crippen LogP contribution in [0, 0.1) is 11.7 Å². The molecule has 0 aromatic heterocycles. The molecule has 0 spiro atoms. The predicted octanol–water partition coefficient (Wildman–Crippen LogP) is 3.00. The van der Waals surface area contributed by atoms with E-state index in [0.29, 0.717) is 37.3 Å². The number of hydrogen-bond acceptors (Lipinski definition) is 3. The van der Waals surface area contributed by atoms with Gasteiger partial charge >= 0.3 is 0 Å². The number of rotatable bonds is 8. The number of para-hydroxylation sites is 1. The first-order valence-corrected chi connectivity index (χ1v) is 10.2. The van der Waals surface area contributed by atoms with Crippen molar-refractivity contribution >= 4 is 23.4 Å². The molecule has 7 heteroatoms. The molecule has 0 aliphatic carbocycles. The molecule has 6 nitrogen and oxygen atoms in total. The van der Waals surface area contributed by atoms with Crippen LogP contribution in [-0.2, 0) is 16.0 Å². The standard InChI is InChI=1S/C23H26FN3O3/c1-2-12-25-23(30)19-5-3-4-6-20(19)26-22(29)17-14-21(28)27(15-17)13-11-16-7-9-18(24)10-8-16/h3-10,17H,2,11-15H2,1H3,(H,25,30)(H,26,29). The number of carbonyl (C=O) groups is 3. The Hall–Kier alpha value is -3.22. The van der Waals surface area contributed by atoms with E-state index in [4.69, 9.17) is 0 Å². The Morgan fingerprint density at radius 2 is 1.87 bits per heavy atom. The molecule has 158 valence electrons. The third-order valence-electron chi connectivity index (χ3n) is 5.13. The summed E-state index contributed by atoms with van der Waals surface area (Å²) in [6.07, 6.45) is 1.55. The molecule has 1 heterocycles. The average molecular weight is 411 g/mol. The number of anilines is 1. The summed E-state index contributed by atoms with van der Waals surface area (Å²) < 4.78 is 13.0. The van der Waals surface area contributed by atoms with Crippen LogP contribution in [0.4, 0.5) is 10.1 Å². The molecule has 1 atom stereocenters. The van der Waals surface area contributed by atoms with Gasteiger partial charge in [-0.05, 0) is 42.7 Å². The van der Waals surface area contributed by atoms with Gasteiger partial charge in [-0.3, -0.25) is 14.4 Å². The van der Waals surface area contributed by atoms with Crippen LogP contribution in [0.1, 0.15) is 35.7 Å². The maximum absolute atomic E-state index is 13.0. The van der Waals surface area contributed by atoms with E-state index in [1.165, 1.54) is 12.1 Å². The second-order valence-corrected chi connectivity index (χ2v) is 7.41. The van der Waals surface area contributed by atoms with E-state index in [-0.39, 0.29) is 30.0 Å². The van der Waals surface area contributed by atoms with Crippen molar-refractivity contribution in [2.75, 3.05) is 25.0 Å². The third kappa shape index (κ3) is 5.43. The zero-order valence-corrected chi connectivity index (χ0v) is 17.0. The van der Waals surface area contributed by atoms with Gasteiger partial charge in [0, 0.05) is 26.1 Å². The van der Waals surface area contributed by atoms with E-state index < -0.39 is 5.92 Å². The van der Waals surface area contributed by atoms with E-state index in [0.717, 1.165) is 12.0 Å². The number of likely N-dealkylation sites (tertiary alicyclic amines) is 1. The molecule has 2 N–H and O–H groups in total. The minimum Gasteiger partial charge on any atom is -0.352 e. The molecule has 1 aliphatic rings. The molecule has 3 amide bonds. The molecule has 3 rings (SSSR count). The van der Waals surface area contributed by atoms with Crippen LogP contribution in [0.2, 0.25) is 0 Å². The molecular weight excluding hydrogens is 385 g/mol. The number of nitrogens with one attached hydrogen (secondary N) is 2. The lowest BCUT2D eigenvalue weighted by Crippen LogP contribution is -2.30. The Kier molecular flexibility index (Phi) is 7.17. The second-order valence-electron chi connectivity index (χ2n) is 7.41. The molecule has 2 aromatic carbocycles. The van der Waals surface area contributed by atoms with E-state index in [1.807, 2.05) is 6.92 Å². The Labute approximate surface area is 175 Å². The quantitative estimate of drug-likeness (QED) is 0.701. The number of carbonyl (C=O) groups excluding carboxylic acids is 3. The SMILES string of the molecule is CCCNC(=O)c1ccccc1NC(=O)C1CC(=O)N(CCc2ccc(F)cc2)C1. The van der Waals surface area contributed by atoms with E-state index >= 15 is 0 Å². The van der Waals surface area contributed by atoms with E-state index in [1.54, 1.807) is 41.3 Å². The van der Waals surface area contributed by atoms with E-state index in [2.05, 4.69) is 10.6 Å². The molecular formula is C23H26FN3O3. The van der Waals surface area contributed by atoms with Gasteiger partial charge in [0.25, 0.3) is 5.91 Å². The summed E-state index contributed by atoms with van der Waals surface area (Å²) in [5, 5.41) is 5.62. The monoisotopic (exact) mass is 411 g/mol. The molecule has 1 saturated heterocycles. The largest absolute Gasteiger partial charge is 0.352 e. The van der Waals surface area contributed by atoms with Crippen LogP contribution in [0.25, 0.3) is 0 Å². The molecule has 1 unspecified atom stereocenters. The van der Waals surface area contributed by atoms with Crippen LogP contribution in [-0.4, -0.2) is 42.3 Å². The summed E-state index contributed by atoms with van der Waals surface area (Å²) in [6, 6.07) is 13.0. The minimum absolute atomic E-state index is 0.0776. The fourth-order valence-electron chi connectivity index (χ4n) is 3.44. The first-order valence-electron chi connectivity index (χ1n) is 10.2. The number of hydrogen-bond donors (Lipinski definition) is 2. The zero-order chi connectivity index (χ0) is 21.5.